The molecule has 3 N–H and O–H groups in total. The highest BCUT2D eigenvalue weighted by Gasteiger charge is 2.29. The number of hydrogen-bond donors (Lipinski definition) is 3. The number of fused-ring (bicyclic) bond motifs is 1. The first-order valence-corrected chi connectivity index (χ1v) is 8.88. The van der Waals surface area contributed by atoms with Crippen molar-refractivity contribution >= 4 is 40.7 Å². The van der Waals surface area contributed by atoms with Gasteiger partial charge in [0.2, 0.25) is 5.78 Å². The third-order valence-corrected chi connectivity index (χ3v) is 4.25. The second-order valence-corrected chi connectivity index (χ2v) is 6.43. The quantitative estimate of drug-likeness (QED) is 0.226. The number of amides is 1. The van der Waals surface area contributed by atoms with Gasteiger partial charge in [-0.05, 0) is 18.1 Å². The first-order valence-electron chi connectivity index (χ1n) is 8.88. The van der Waals surface area contributed by atoms with Crippen LogP contribution in [0.4, 0.5) is 4.39 Å². The van der Waals surface area contributed by atoms with E-state index in [1.54, 1.807) is 6.07 Å². The van der Waals surface area contributed by atoms with E-state index in [2.05, 4.69) is 15.1 Å². The molecule has 11 heteroatoms. The smallest absolute Gasteiger partial charge is 0.326 e. The van der Waals surface area contributed by atoms with Crippen LogP contribution in [0.5, 0.6) is 0 Å². The van der Waals surface area contributed by atoms with Crippen molar-refractivity contribution in [3.63, 3.8) is 0 Å². The van der Waals surface area contributed by atoms with Crippen molar-refractivity contribution in [3.8, 4) is 0 Å². The molecule has 2 rings (SSSR count). The summed E-state index contributed by atoms with van der Waals surface area (Å²) in [5.74, 6) is -4.16. The molecule has 0 bridgehead atoms. The van der Waals surface area contributed by atoms with Crippen LogP contribution in [0.15, 0.2) is 24.4 Å². The molecule has 1 amide bonds. The number of aromatic amines is 1. The number of carbonyl (C=O) groups is 4. The van der Waals surface area contributed by atoms with Gasteiger partial charge < -0.3 is 25.7 Å². The Morgan fingerprint density at radius 3 is 2.73 bits per heavy atom. The molecule has 1 aromatic heterocycles. The van der Waals surface area contributed by atoms with E-state index in [0.717, 1.165) is 6.92 Å². The number of carboxylic acid groups (broad SMARTS) is 1. The number of halogens is 1. The molecule has 2 atom stereocenters. The van der Waals surface area contributed by atoms with Gasteiger partial charge in [0.15, 0.2) is 6.10 Å². The molecule has 158 valence electrons. The number of rotatable bonds is 10. The maximum Gasteiger partial charge on any atom is 0.326 e. The van der Waals surface area contributed by atoms with Crippen LogP contribution in [0, 0.1) is 5.82 Å². The minimum atomic E-state index is -1.44. The number of nitrogens with one attached hydrogen (secondary N) is 2. The summed E-state index contributed by atoms with van der Waals surface area (Å²) in [5.41, 5.74) is 9.03. The number of aromatic nitrogens is 1. The van der Waals surface area contributed by atoms with Gasteiger partial charge >= 0.3 is 18.2 Å². The van der Waals surface area contributed by atoms with Crippen molar-refractivity contribution in [1.29, 1.82) is 0 Å². The fraction of sp³-hybridized carbons (Fsp3) is 0.316. The summed E-state index contributed by atoms with van der Waals surface area (Å²) < 4.78 is 18.9. The summed E-state index contributed by atoms with van der Waals surface area (Å²) in [6.45, 7) is 1.09. The van der Waals surface area contributed by atoms with Gasteiger partial charge in [0.25, 0.3) is 5.91 Å². The predicted octanol–water partition coefficient (Wildman–Crippen LogP) is 1.00. The van der Waals surface area contributed by atoms with Crippen molar-refractivity contribution in [3.05, 3.63) is 41.3 Å². The molecule has 0 spiro atoms. The number of esters is 1. The number of carboxylic acids is 1. The van der Waals surface area contributed by atoms with E-state index in [1.165, 1.54) is 18.3 Å². The van der Waals surface area contributed by atoms with E-state index in [0.29, 0.717) is 17.2 Å². The summed E-state index contributed by atoms with van der Waals surface area (Å²) in [6, 6.07) is 2.94. The predicted molar refractivity (Wildman–Crippen MR) is 101 cm³/mol. The molecule has 0 aliphatic carbocycles. The monoisotopic (exact) mass is 418 g/mol. The molecule has 0 fully saturated rings. The Kier molecular flexibility index (Phi) is 7.54. The highest BCUT2D eigenvalue weighted by atomic mass is 19.1. The van der Waals surface area contributed by atoms with Gasteiger partial charge in [0.05, 0.1) is 5.52 Å². The van der Waals surface area contributed by atoms with Crippen molar-refractivity contribution in [2.45, 2.75) is 38.3 Å². The molecular weight excluding hydrogens is 399 g/mol. The second kappa shape index (κ2) is 10.1. The number of Topliss-reactive ketones (excluding diaryl/α,β-unsaturated/α-hetero) is 1. The fourth-order valence-electron chi connectivity index (χ4n) is 2.87. The van der Waals surface area contributed by atoms with Crippen molar-refractivity contribution in [2.75, 3.05) is 0 Å². The molecule has 0 saturated heterocycles. The van der Waals surface area contributed by atoms with Gasteiger partial charge in [-0.15, -0.1) is 0 Å². The van der Waals surface area contributed by atoms with Gasteiger partial charge in [-0.25, -0.2) is 9.18 Å². The highest BCUT2D eigenvalue weighted by molar-refractivity contribution is 6.25. The Hall–Kier alpha value is -3.85. The van der Waals surface area contributed by atoms with Gasteiger partial charge in [-0.2, -0.15) is 4.79 Å². The third-order valence-electron chi connectivity index (χ3n) is 4.25. The van der Waals surface area contributed by atoms with Crippen LogP contribution in [-0.2, 0) is 30.3 Å². The molecule has 0 radical (unpaired) electrons. The minimum Gasteiger partial charge on any atom is -0.480 e. The lowest BCUT2D eigenvalue weighted by Crippen LogP contribution is -2.47. The van der Waals surface area contributed by atoms with E-state index in [-0.39, 0.29) is 24.8 Å². The van der Waals surface area contributed by atoms with Crippen molar-refractivity contribution < 1.29 is 38.2 Å². The Morgan fingerprint density at radius 2 is 2.10 bits per heavy atom. The maximum absolute atomic E-state index is 13.9. The van der Waals surface area contributed by atoms with Crippen molar-refractivity contribution in [1.82, 2.24) is 10.3 Å². The number of benzene rings is 1. The molecule has 2 aromatic rings. The molecule has 10 nitrogen and oxygen atoms in total. The average Bonchev–Trinajstić information content (AvgIpc) is 3.08. The zero-order valence-electron chi connectivity index (χ0n) is 15.9. The van der Waals surface area contributed by atoms with Crippen LogP contribution in [0.25, 0.3) is 16.4 Å². The number of ketones is 1. The number of nitrogens with zero attached hydrogens (tertiary/aromatic N) is 2. The lowest BCUT2D eigenvalue weighted by molar-refractivity contribution is -0.155. The zero-order valence-corrected chi connectivity index (χ0v) is 15.9. The molecule has 1 aromatic carbocycles. The minimum absolute atomic E-state index is 0.128. The van der Waals surface area contributed by atoms with Gasteiger partial charge in [-0.1, -0.05) is 12.1 Å². The first-order chi connectivity index (χ1) is 14.2. The Balaban J connectivity index is 2.18. The summed E-state index contributed by atoms with van der Waals surface area (Å²) in [6.07, 6.45) is 0.0362. The summed E-state index contributed by atoms with van der Waals surface area (Å²) in [4.78, 5) is 52.1. The van der Waals surface area contributed by atoms with Crippen LogP contribution in [0.1, 0.15) is 25.3 Å². The lowest BCUT2D eigenvalue weighted by Gasteiger charge is -2.20. The standard InChI is InChI=1S/C19H19FN4O6/c1-10(25)30-16(7-11-8-22-17-13(11)3-2-4-14(17)20)18(27)24-15(19(28)29)6-5-12(26)9-23-21/h2-4,8-9,15-16,22H,5-7H2,1H3,(H,24,27)(H,28,29)/t15-,16-/m0/s1. The van der Waals surface area contributed by atoms with Crippen LogP contribution in [0.2, 0.25) is 0 Å². The second-order valence-electron chi connectivity index (χ2n) is 6.43. The van der Waals surface area contributed by atoms with Gasteiger partial charge in [-0.3, -0.25) is 14.4 Å². The number of carbonyl (C=O) groups excluding carboxylic acids is 3. The number of ether oxygens (including phenoxy) is 1. The summed E-state index contributed by atoms with van der Waals surface area (Å²) in [7, 11) is 0. The van der Waals surface area contributed by atoms with Crippen LogP contribution in [0.3, 0.4) is 0 Å². The SMILES string of the molecule is CC(=O)O[C@@H](Cc1c[nH]c2c(F)cccc12)C(=O)N[C@@H](CCC(=O)C=[N+]=[N-])C(=O)O. The van der Waals surface area contributed by atoms with Crippen molar-refractivity contribution in [2.24, 2.45) is 0 Å². The number of H-pyrrole nitrogens is 1. The average molecular weight is 418 g/mol. The highest BCUT2D eigenvalue weighted by Crippen LogP contribution is 2.22. The van der Waals surface area contributed by atoms with E-state index in [1.807, 2.05) is 0 Å². The Morgan fingerprint density at radius 1 is 1.37 bits per heavy atom. The number of aliphatic carboxylic acids is 1. The lowest BCUT2D eigenvalue weighted by atomic mass is 10.0. The molecule has 0 aliphatic heterocycles. The fourth-order valence-corrected chi connectivity index (χ4v) is 2.87. The first kappa shape index (κ1) is 22.4. The molecule has 0 unspecified atom stereocenters. The molecule has 0 aliphatic rings. The van der Waals surface area contributed by atoms with Gasteiger partial charge in [0, 0.05) is 31.3 Å². The van der Waals surface area contributed by atoms with Crippen LogP contribution >= 0.6 is 0 Å². The molecule has 30 heavy (non-hydrogen) atoms. The number of hydrogen-bond acceptors (Lipinski definition) is 5. The Bertz CT molecular complexity index is 1030. The largest absolute Gasteiger partial charge is 0.480 e. The topological polar surface area (TPSA) is 162 Å². The molecular formula is C19H19FN4O6. The molecule has 0 saturated carbocycles. The Labute approximate surface area is 169 Å². The van der Waals surface area contributed by atoms with E-state index in [4.69, 9.17) is 10.3 Å². The van der Waals surface area contributed by atoms with E-state index in [9.17, 15) is 28.7 Å². The zero-order chi connectivity index (χ0) is 22.3. The normalized spacial score (nSPS) is 12.5. The van der Waals surface area contributed by atoms with Gasteiger partial charge in [0.1, 0.15) is 11.9 Å². The third kappa shape index (κ3) is 5.82. The number of para-hydroxylation sites is 1. The van der Waals surface area contributed by atoms with E-state index < -0.39 is 41.6 Å². The summed E-state index contributed by atoms with van der Waals surface area (Å²) >= 11 is 0. The summed E-state index contributed by atoms with van der Waals surface area (Å²) in [5, 5.41) is 12.0. The van der Waals surface area contributed by atoms with Crippen LogP contribution in [-0.4, -0.2) is 56.9 Å². The van der Waals surface area contributed by atoms with Crippen LogP contribution < -0.4 is 5.32 Å². The molecule has 1 heterocycles. The maximum atomic E-state index is 13.9. The van der Waals surface area contributed by atoms with E-state index >= 15 is 0 Å².